The van der Waals surface area contributed by atoms with Gasteiger partial charge in [-0.1, -0.05) is 0 Å². The van der Waals surface area contributed by atoms with E-state index in [2.05, 4.69) is 31.0 Å². The van der Waals surface area contributed by atoms with Crippen LogP contribution in [0.3, 0.4) is 0 Å². The summed E-state index contributed by atoms with van der Waals surface area (Å²) < 4.78 is 0. The lowest BCUT2D eigenvalue weighted by Gasteiger charge is -2.35. The van der Waals surface area contributed by atoms with Gasteiger partial charge < -0.3 is 10.2 Å². The molecule has 20 heavy (non-hydrogen) atoms. The maximum Gasteiger partial charge on any atom is 0.239 e. The van der Waals surface area contributed by atoms with E-state index in [0.29, 0.717) is 11.3 Å². The quantitative estimate of drug-likeness (QED) is 0.859. The molecule has 2 heterocycles. The van der Waals surface area contributed by atoms with Crippen LogP contribution in [0.5, 0.6) is 0 Å². The molecule has 2 fully saturated rings. The van der Waals surface area contributed by atoms with Crippen LogP contribution in [0, 0.1) is 5.41 Å². The van der Waals surface area contributed by atoms with Crippen molar-refractivity contribution in [2.45, 2.75) is 46.1 Å². The molecule has 2 saturated heterocycles. The molecule has 0 bridgehead atoms. The Morgan fingerprint density at radius 2 is 1.85 bits per heavy atom. The van der Waals surface area contributed by atoms with Gasteiger partial charge in [0.25, 0.3) is 0 Å². The van der Waals surface area contributed by atoms with Crippen molar-refractivity contribution in [3.8, 4) is 0 Å². The molecule has 0 aromatic heterocycles. The lowest BCUT2D eigenvalue weighted by atomic mass is 9.78. The average molecular weight is 304 g/mol. The van der Waals surface area contributed by atoms with Crippen molar-refractivity contribution in [2.75, 3.05) is 39.3 Å². The number of nitrogens with zero attached hydrogens (tertiary/aromatic N) is 2. The Kier molecular flexibility index (Phi) is 6.76. The third kappa shape index (κ3) is 3.66. The Morgan fingerprint density at radius 3 is 2.40 bits per heavy atom. The van der Waals surface area contributed by atoms with Crippen LogP contribution < -0.4 is 5.32 Å². The molecule has 1 N–H and O–H groups in total. The van der Waals surface area contributed by atoms with Crippen molar-refractivity contribution < 1.29 is 4.79 Å². The normalized spacial score (nSPS) is 23.4. The minimum Gasteiger partial charge on any atom is -0.342 e. The molecular formula is C15H30ClN3O. The molecule has 1 unspecified atom stereocenters. The number of likely N-dealkylation sites (N-methyl/N-ethyl adjacent to an activating group) is 1. The first-order chi connectivity index (χ1) is 9.12. The Hall–Kier alpha value is -0.320. The van der Waals surface area contributed by atoms with Crippen molar-refractivity contribution >= 4 is 18.3 Å². The number of carbonyl (C=O) groups is 1. The zero-order chi connectivity index (χ0) is 13.9. The van der Waals surface area contributed by atoms with Crippen LogP contribution in [0.25, 0.3) is 0 Å². The number of amides is 1. The van der Waals surface area contributed by atoms with Crippen molar-refractivity contribution in [1.29, 1.82) is 0 Å². The summed E-state index contributed by atoms with van der Waals surface area (Å²) in [5, 5.41) is 3.45. The van der Waals surface area contributed by atoms with E-state index in [-0.39, 0.29) is 18.4 Å². The summed E-state index contributed by atoms with van der Waals surface area (Å²) in [5.41, 5.74) is 0.489. The molecule has 1 amide bonds. The van der Waals surface area contributed by atoms with Crippen molar-refractivity contribution in [1.82, 2.24) is 15.1 Å². The fourth-order valence-corrected chi connectivity index (χ4v) is 3.62. The second kappa shape index (κ2) is 7.62. The number of nitrogens with one attached hydrogen (secondary N) is 1. The van der Waals surface area contributed by atoms with Gasteiger partial charge in [-0.3, -0.25) is 9.69 Å². The molecule has 4 nitrogen and oxygen atoms in total. The number of carbonyl (C=O) groups excluding carboxylic acids is 1. The maximum atomic E-state index is 12.4. The number of piperidine rings is 1. The first-order valence-corrected chi connectivity index (χ1v) is 7.85. The zero-order valence-corrected chi connectivity index (χ0v) is 14.0. The summed E-state index contributed by atoms with van der Waals surface area (Å²) in [6, 6.07) is 0.0501. The first kappa shape index (κ1) is 17.7. The monoisotopic (exact) mass is 303 g/mol. The Bertz CT molecular complexity index is 314. The highest BCUT2D eigenvalue weighted by atomic mass is 35.5. The molecule has 2 rings (SSSR count). The smallest absolute Gasteiger partial charge is 0.239 e. The van der Waals surface area contributed by atoms with E-state index in [1.165, 1.54) is 19.3 Å². The van der Waals surface area contributed by atoms with E-state index in [4.69, 9.17) is 0 Å². The number of likely N-dealkylation sites (tertiary alicyclic amines) is 1. The number of hydrogen-bond acceptors (Lipinski definition) is 3. The van der Waals surface area contributed by atoms with Crippen LogP contribution >= 0.6 is 12.4 Å². The minimum absolute atomic E-state index is 0. The van der Waals surface area contributed by atoms with Crippen LogP contribution in [0.4, 0.5) is 0 Å². The third-order valence-corrected chi connectivity index (χ3v) is 5.11. The highest BCUT2D eigenvalue weighted by Crippen LogP contribution is 2.39. The fraction of sp³-hybridized carbons (Fsp3) is 0.933. The molecule has 2 aliphatic heterocycles. The Balaban J connectivity index is 0.00000200. The molecule has 0 saturated carbocycles. The van der Waals surface area contributed by atoms with Gasteiger partial charge in [-0.25, -0.2) is 0 Å². The van der Waals surface area contributed by atoms with E-state index in [0.717, 1.165) is 39.3 Å². The second-order valence-electron chi connectivity index (χ2n) is 6.16. The molecule has 0 aromatic rings. The van der Waals surface area contributed by atoms with E-state index >= 15 is 0 Å². The van der Waals surface area contributed by atoms with Crippen molar-refractivity contribution in [3.05, 3.63) is 0 Å². The Labute approximate surface area is 129 Å². The standard InChI is InChI=1S/C15H29N3O.ClH/c1-4-17(5-2)14(19)13(3)18-11-8-15(12-18)6-9-16-10-7-15;/h13,16H,4-12H2,1-3H3;1H. The second-order valence-corrected chi connectivity index (χ2v) is 6.16. The SMILES string of the molecule is CCN(CC)C(=O)C(C)N1CCC2(CCNCC2)C1.Cl. The topological polar surface area (TPSA) is 35.6 Å². The van der Waals surface area contributed by atoms with Gasteiger partial charge in [0.2, 0.25) is 5.91 Å². The molecule has 0 aromatic carbocycles. The molecule has 0 radical (unpaired) electrons. The van der Waals surface area contributed by atoms with E-state index in [1.54, 1.807) is 0 Å². The van der Waals surface area contributed by atoms with Crippen molar-refractivity contribution in [2.24, 2.45) is 5.41 Å². The third-order valence-electron chi connectivity index (χ3n) is 5.11. The number of hydrogen-bond donors (Lipinski definition) is 1. The van der Waals surface area contributed by atoms with E-state index in [1.807, 2.05) is 4.90 Å². The van der Waals surface area contributed by atoms with Crippen LogP contribution in [0.2, 0.25) is 0 Å². The van der Waals surface area contributed by atoms with E-state index in [9.17, 15) is 4.79 Å². The van der Waals surface area contributed by atoms with Gasteiger partial charge in [-0.15, -0.1) is 12.4 Å². The molecule has 5 heteroatoms. The summed E-state index contributed by atoms with van der Waals surface area (Å²) in [4.78, 5) is 16.8. The molecule has 0 aliphatic carbocycles. The molecular weight excluding hydrogens is 274 g/mol. The predicted molar refractivity (Wildman–Crippen MR) is 85.4 cm³/mol. The number of rotatable bonds is 4. The van der Waals surface area contributed by atoms with Crippen LogP contribution in [0.1, 0.15) is 40.0 Å². The van der Waals surface area contributed by atoms with Gasteiger partial charge in [0.05, 0.1) is 6.04 Å². The van der Waals surface area contributed by atoms with Gasteiger partial charge in [-0.05, 0) is 65.1 Å². The molecule has 1 atom stereocenters. The molecule has 2 aliphatic rings. The van der Waals surface area contributed by atoms with Gasteiger partial charge in [0.1, 0.15) is 0 Å². The average Bonchev–Trinajstić information content (AvgIpc) is 2.83. The summed E-state index contributed by atoms with van der Waals surface area (Å²) in [7, 11) is 0. The van der Waals surface area contributed by atoms with Gasteiger partial charge >= 0.3 is 0 Å². The Morgan fingerprint density at radius 1 is 1.25 bits per heavy atom. The van der Waals surface area contributed by atoms with Gasteiger partial charge in [-0.2, -0.15) is 0 Å². The first-order valence-electron chi connectivity index (χ1n) is 7.85. The highest BCUT2D eigenvalue weighted by Gasteiger charge is 2.41. The summed E-state index contributed by atoms with van der Waals surface area (Å²) in [6.45, 7) is 12.3. The zero-order valence-electron chi connectivity index (χ0n) is 13.2. The lowest BCUT2D eigenvalue weighted by Crippen LogP contribution is -2.47. The lowest BCUT2D eigenvalue weighted by molar-refractivity contribution is -0.135. The number of halogens is 1. The van der Waals surface area contributed by atoms with Crippen LogP contribution in [-0.4, -0.2) is 61.0 Å². The van der Waals surface area contributed by atoms with Crippen LogP contribution in [0.15, 0.2) is 0 Å². The van der Waals surface area contributed by atoms with Gasteiger partial charge in [0, 0.05) is 19.6 Å². The maximum absolute atomic E-state index is 12.4. The summed E-state index contributed by atoms with van der Waals surface area (Å²) in [5.74, 6) is 0.302. The largest absolute Gasteiger partial charge is 0.342 e. The molecule has 118 valence electrons. The fourth-order valence-electron chi connectivity index (χ4n) is 3.62. The minimum atomic E-state index is 0. The molecule has 1 spiro atoms. The predicted octanol–water partition coefficient (Wildman–Crippen LogP) is 1.74. The van der Waals surface area contributed by atoms with Crippen LogP contribution in [-0.2, 0) is 4.79 Å². The van der Waals surface area contributed by atoms with E-state index < -0.39 is 0 Å². The van der Waals surface area contributed by atoms with Crippen molar-refractivity contribution in [3.63, 3.8) is 0 Å². The summed E-state index contributed by atoms with van der Waals surface area (Å²) >= 11 is 0. The van der Waals surface area contributed by atoms with Gasteiger partial charge in [0.15, 0.2) is 0 Å². The summed E-state index contributed by atoms with van der Waals surface area (Å²) in [6.07, 6.45) is 3.82. The highest BCUT2D eigenvalue weighted by molar-refractivity contribution is 5.85.